The molecule has 3 rings (SSSR count). The minimum Gasteiger partial charge on any atom is -0.455 e. The van der Waals surface area contributed by atoms with Crippen molar-refractivity contribution >= 4 is 50.8 Å². The molecule has 0 aliphatic carbocycles. The van der Waals surface area contributed by atoms with E-state index in [0.717, 1.165) is 15.6 Å². The molecule has 1 saturated heterocycles. The number of benzene rings is 2. The highest BCUT2D eigenvalue weighted by Gasteiger charge is 2.36. The summed E-state index contributed by atoms with van der Waals surface area (Å²) in [7, 11) is 0. The lowest BCUT2D eigenvalue weighted by Crippen LogP contribution is -2.28. The quantitative estimate of drug-likeness (QED) is 0.376. The van der Waals surface area contributed by atoms with E-state index >= 15 is 0 Å². The Labute approximate surface area is 186 Å². The number of rotatable bonds is 6. The zero-order valence-electron chi connectivity index (χ0n) is 16.9. The van der Waals surface area contributed by atoms with Gasteiger partial charge in [0.1, 0.15) is 0 Å². The third-order valence-electron chi connectivity index (χ3n) is 5.15. The van der Waals surface area contributed by atoms with E-state index < -0.39 is 29.3 Å². The van der Waals surface area contributed by atoms with Crippen LogP contribution in [0, 0.1) is 29.9 Å². The molecule has 1 aliphatic heterocycles. The fourth-order valence-electron chi connectivity index (χ4n) is 3.25. The highest BCUT2D eigenvalue weighted by atomic mass is 79.9. The minimum atomic E-state index is -0.753. The molecule has 1 N–H and O–H groups in total. The van der Waals surface area contributed by atoms with Crippen LogP contribution < -0.4 is 10.2 Å². The number of hydrogen-bond acceptors (Lipinski definition) is 6. The number of nitro benzene ring substituents is 1. The first-order valence-electron chi connectivity index (χ1n) is 9.44. The van der Waals surface area contributed by atoms with Crippen LogP contribution in [-0.2, 0) is 19.1 Å². The number of carbonyl (C=O) groups excluding carboxylic acids is 3. The molecule has 0 unspecified atom stereocenters. The van der Waals surface area contributed by atoms with Gasteiger partial charge < -0.3 is 15.0 Å². The second-order valence-corrected chi connectivity index (χ2v) is 8.04. The summed E-state index contributed by atoms with van der Waals surface area (Å²) in [5.74, 6) is -2.25. The summed E-state index contributed by atoms with van der Waals surface area (Å²) in [5, 5.41) is 13.7. The van der Waals surface area contributed by atoms with Gasteiger partial charge in [0.2, 0.25) is 5.91 Å². The van der Waals surface area contributed by atoms with Crippen molar-refractivity contribution in [2.75, 3.05) is 23.4 Å². The van der Waals surface area contributed by atoms with Gasteiger partial charge in [0, 0.05) is 35.3 Å². The van der Waals surface area contributed by atoms with Crippen molar-refractivity contribution in [2.45, 2.75) is 20.3 Å². The summed E-state index contributed by atoms with van der Waals surface area (Å²) in [6, 6.07) is 9.21. The highest BCUT2D eigenvalue weighted by molar-refractivity contribution is 9.10. The van der Waals surface area contributed by atoms with Crippen molar-refractivity contribution in [1.29, 1.82) is 0 Å². The highest BCUT2D eigenvalue weighted by Crippen LogP contribution is 2.29. The van der Waals surface area contributed by atoms with Gasteiger partial charge in [-0.15, -0.1) is 0 Å². The second kappa shape index (κ2) is 9.25. The van der Waals surface area contributed by atoms with Crippen molar-refractivity contribution in [3.8, 4) is 0 Å². The van der Waals surface area contributed by atoms with Crippen LogP contribution in [0.25, 0.3) is 0 Å². The fraction of sp³-hybridized carbons (Fsp3) is 0.286. The average molecular weight is 490 g/mol. The van der Waals surface area contributed by atoms with Crippen molar-refractivity contribution in [3.05, 3.63) is 62.1 Å². The number of amides is 2. The lowest BCUT2D eigenvalue weighted by molar-refractivity contribution is -0.384. The third-order valence-corrected chi connectivity index (χ3v) is 6.01. The largest absolute Gasteiger partial charge is 0.455 e. The Balaban J connectivity index is 1.57. The molecule has 0 radical (unpaired) electrons. The maximum Gasteiger partial charge on any atom is 0.311 e. The van der Waals surface area contributed by atoms with Crippen LogP contribution in [0.1, 0.15) is 17.5 Å². The Morgan fingerprint density at radius 1 is 1.26 bits per heavy atom. The molecule has 1 atom stereocenters. The van der Waals surface area contributed by atoms with E-state index in [1.54, 1.807) is 12.1 Å². The summed E-state index contributed by atoms with van der Waals surface area (Å²) < 4.78 is 6.03. The lowest BCUT2D eigenvalue weighted by atomic mass is 10.1. The molecule has 1 aliphatic rings. The van der Waals surface area contributed by atoms with Crippen molar-refractivity contribution < 1.29 is 24.0 Å². The van der Waals surface area contributed by atoms with Gasteiger partial charge in [0.05, 0.1) is 16.5 Å². The first-order valence-corrected chi connectivity index (χ1v) is 10.2. The van der Waals surface area contributed by atoms with Gasteiger partial charge in [-0.05, 0) is 43.2 Å². The number of nitro groups is 1. The van der Waals surface area contributed by atoms with Crippen molar-refractivity contribution in [3.63, 3.8) is 0 Å². The zero-order chi connectivity index (χ0) is 22.7. The minimum absolute atomic E-state index is 0.0332. The van der Waals surface area contributed by atoms with Gasteiger partial charge in [-0.2, -0.15) is 0 Å². The van der Waals surface area contributed by atoms with Gasteiger partial charge in [0.25, 0.3) is 11.6 Å². The summed E-state index contributed by atoms with van der Waals surface area (Å²) in [4.78, 5) is 48.6. The van der Waals surface area contributed by atoms with Crippen LogP contribution in [0.2, 0.25) is 0 Å². The lowest BCUT2D eigenvalue weighted by Gasteiger charge is -2.16. The zero-order valence-corrected chi connectivity index (χ0v) is 18.5. The number of hydrogen-bond donors (Lipinski definition) is 1. The molecule has 0 bridgehead atoms. The summed E-state index contributed by atoms with van der Waals surface area (Å²) in [5.41, 5.74) is 2.69. The first kappa shape index (κ1) is 22.4. The van der Waals surface area contributed by atoms with E-state index in [4.69, 9.17) is 4.74 Å². The Morgan fingerprint density at radius 2 is 2.00 bits per heavy atom. The molecule has 0 aromatic heterocycles. The topological polar surface area (TPSA) is 119 Å². The molecule has 0 saturated carbocycles. The van der Waals surface area contributed by atoms with Crippen LogP contribution in [0.15, 0.2) is 40.9 Å². The number of nitrogens with one attached hydrogen (secondary N) is 1. The molecule has 1 fully saturated rings. The standard InChI is InChI=1S/C21H20BrN3O6/c1-12-13(2)18(7-6-17(12)22)23-19(26)11-31-21(28)14-8-20(27)24(10-14)15-4-3-5-16(9-15)25(29)30/h3-7,9,14H,8,10-11H2,1-2H3,(H,23,26)/t14-/m0/s1. The normalized spacial score (nSPS) is 15.6. The molecule has 2 aromatic carbocycles. The van der Waals surface area contributed by atoms with E-state index in [1.807, 2.05) is 19.9 Å². The Hall–Kier alpha value is -3.27. The number of halogens is 1. The maximum absolute atomic E-state index is 12.4. The first-order chi connectivity index (χ1) is 14.7. The molecule has 31 heavy (non-hydrogen) atoms. The maximum atomic E-state index is 12.4. The summed E-state index contributed by atoms with van der Waals surface area (Å²) in [6.07, 6.45) is -0.0891. The molecule has 1 heterocycles. The molecule has 162 valence electrons. The molecule has 9 nitrogen and oxygen atoms in total. The average Bonchev–Trinajstić information content (AvgIpc) is 3.14. The molecule has 0 spiro atoms. The molecule has 10 heteroatoms. The molecule has 2 amide bonds. The predicted octanol–water partition coefficient (Wildman–Crippen LogP) is 3.51. The van der Waals surface area contributed by atoms with Gasteiger partial charge in [-0.1, -0.05) is 22.0 Å². The van der Waals surface area contributed by atoms with Crippen LogP contribution in [0.4, 0.5) is 17.1 Å². The SMILES string of the molecule is Cc1c(Br)ccc(NC(=O)COC(=O)[C@H]2CC(=O)N(c3cccc([N+](=O)[O-])c3)C2)c1C. The number of ether oxygens (including phenoxy) is 1. The summed E-state index contributed by atoms with van der Waals surface area (Å²) >= 11 is 3.42. The van der Waals surface area contributed by atoms with Crippen molar-refractivity contribution in [2.24, 2.45) is 5.92 Å². The Bertz CT molecular complexity index is 1070. The van der Waals surface area contributed by atoms with E-state index in [1.165, 1.54) is 23.1 Å². The van der Waals surface area contributed by atoms with Gasteiger partial charge in [0.15, 0.2) is 6.61 Å². The Kier molecular flexibility index (Phi) is 6.69. The van der Waals surface area contributed by atoms with E-state index in [-0.39, 0.29) is 24.6 Å². The molecular formula is C21H20BrN3O6. The van der Waals surface area contributed by atoms with Crippen LogP contribution in [0.5, 0.6) is 0 Å². The third kappa shape index (κ3) is 5.08. The summed E-state index contributed by atoms with van der Waals surface area (Å²) in [6.45, 7) is 3.34. The monoisotopic (exact) mass is 489 g/mol. The van der Waals surface area contributed by atoms with Gasteiger partial charge in [-0.3, -0.25) is 24.5 Å². The predicted molar refractivity (Wildman–Crippen MR) is 117 cm³/mol. The van der Waals surface area contributed by atoms with Gasteiger partial charge >= 0.3 is 5.97 Å². The number of carbonyl (C=O) groups is 3. The number of nitrogens with zero attached hydrogens (tertiary/aromatic N) is 2. The van der Waals surface area contributed by atoms with E-state index in [9.17, 15) is 24.5 Å². The van der Waals surface area contributed by atoms with Crippen LogP contribution in [0.3, 0.4) is 0 Å². The number of anilines is 2. The van der Waals surface area contributed by atoms with Gasteiger partial charge in [-0.25, -0.2) is 0 Å². The number of non-ortho nitro benzene ring substituents is 1. The smallest absolute Gasteiger partial charge is 0.311 e. The van der Waals surface area contributed by atoms with Crippen LogP contribution >= 0.6 is 15.9 Å². The fourth-order valence-corrected chi connectivity index (χ4v) is 3.68. The van der Waals surface area contributed by atoms with E-state index in [2.05, 4.69) is 21.2 Å². The van der Waals surface area contributed by atoms with E-state index in [0.29, 0.717) is 11.4 Å². The molecule has 2 aromatic rings. The second-order valence-electron chi connectivity index (χ2n) is 7.18. The Morgan fingerprint density at radius 3 is 2.71 bits per heavy atom. The van der Waals surface area contributed by atoms with Crippen LogP contribution in [-0.4, -0.2) is 35.9 Å². The molecular weight excluding hydrogens is 470 g/mol. The number of esters is 1. The van der Waals surface area contributed by atoms with Crippen molar-refractivity contribution in [1.82, 2.24) is 0 Å².